The van der Waals surface area contributed by atoms with E-state index in [9.17, 15) is 4.79 Å². The molecule has 2 N–H and O–H groups in total. The molecule has 0 aromatic heterocycles. The van der Waals surface area contributed by atoms with Gasteiger partial charge >= 0.3 is 0 Å². The molecule has 0 spiro atoms. The summed E-state index contributed by atoms with van der Waals surface area (Å²) in [5.41, 5.74) is 2.01. The van der Waals surface area contributed by atoms with Crippen molar-refractivity contribution in [1.82, 2.24) is 5.32 Å². The highest BCUT2D eigenvalue weighted by atomic mass is 35.5. The van der Waals surface area contributed by atoms with Crippen molar-refractivity contribution in [2.45, 2.75) is 12.8 Å². The van der Waals surface area contributed by atoms with Gasteiger partial charge in [0, 0.05) is 30.2 Å². The molecule has 2 aromatic rings. The molecule has 0 aliphatic heterocycles. The fraction of sp³-hybridized carbons (Fsp3) is 0.278. The highest BCUT2D eigenvalue weighted by molar-refractivity contribution is 6.30. The molecule has 0 saturated heterocycles. The fourth-order valence-corrected chi connectivity index (χ4v) is 2.44. The van der Waals surface area contributed by atoms with Crippen molar-refractivity contribution in [3.05, 3.63) is 59.1 Å². The Labute approximate surface area is 141 Å². The predicted octanol–water partition coefficient (Wildman–Crippen LogP) is 3.51. The number of para-hydroxylation sites is 1. The molecule has 0 atom stereocenters. The number of hydrogen-bond acceptors (Lipinski definition) is 3. The second-order valence-corrected chi connectivity index (χ2v) is 5.54. The van der Waals surface area contributed by atoms with Crippen LogP contribution in [-0.4, -0.2) is 26.1 Å². The van der Waals surface area contributed by atoms with Gasteiger partial charge in [0.05, 0.1) is 7.11 Å². The van der Waals surface area contributed by atoms with Crippen LogP contribution in [0.4, 0.5) is 5.69 Å². The van der Waals surface area contributed by atoms with Crippen molar-refractivity contribution in [2.24, 2.45) is 0 Å². The lowest BCUT2D eigenvalue weighted by molar-refractivity contribution is -0.120. The van der Waals surface area contributed by atoms with Crippen LogP contribution in [0, 0.1) is 0 Å². The maximum Gasteiger partial charge on any atom is 0.221 e. The Morgan fingerprint density at radius 2 is 1.96 bits per heavy atom. The third-order valence-electron chi connectivity index (χ3n) is 3.41. The summed E-state index contributed by atoms with van der Waals surface area (Å²) in [6, 6.07) is 15.3. The quantitative estimate of drug-likeness (QED) is 0.777. The van der Waals surface area contributed by atoms with Gasteiger partial charge in [-0.1, -0.05) is 35.9 Å². The molecule has 0 heterocycles. The van der Waals surface area contributed by atoms with E-state index in [4.69, 9.17) is 16.3 Å². The van der Waals surface area contributed by atoms with Gasteiger partial charge in [-0.05, 0) is 36.2 Å². The van der Waals surface area contributed by atoms with E-state index in [1.807, 2.05) is 48.5 Å². The summed E-state index contributed by atoms with van der Waals surface area (Å²) in [4.78, 5) is 11.8. The first-order chi connectivity index (χ1) is 11.2. The van der Waals surface area contributed by atoms with Crippen LogP contribution in [0.3, 0.4) is 0 Å². The second-order valence-electron chi connectivity index (χ2n) is 5.10. The Morgan fingerprint density at radius 3 is 2.74 bits per heavy atom. The molecule has 0 unspecified atom stereocenters. The molecule has 2 rings (SSSR count). The number of hydrogen-bond donors (Lipinski definition) is 2. The monoisotopic (exact) mass is 332 g/mol. The van der Waals surface area contributed by atoms with Gasteiger partial charge in [0.2, 0.25) is 5.91 Å². The first-order valence-corrected chi connectivity index (χ1v) is 7.95. The van der Waals surface area contributed by atoms with E-state index in [0.29, 0.717) is 24.5 Å². The lowest BCUT2D eigenvalue weighted by atomic mass is 10.1. The molecule has 2 aromatic carbocycles. The average Bonchev–Trinajstić information content (AvgIpc) is 2.55. The Balaban J connectivity index is 1.67. The van der Waals surface area contributed by atoms with Crippen LogP contribution in [0.1, 0.15) is 12.0 Å². The summed E-state index contributed by atoms with van der Waals surface area (Å²) in [5.74, 6) is 0.874. The maximum absolute atomic E-state index is 11.8. The Morgan fingerprint density at radius 1 is 1.13 bits per heavy atom. The lowest BCUT2D eigenvalue weighted by Crippen LogP contribution is -2.27. The minimum atomic E-state index is 0.0226. The van der Waals surface area contributed by atoms with Crippen molar-refractivity contribution >= 4 is 23.2 Å². The van der Waals surface area contributed by atoms with Gasteiger partial charge < -0.3 is 15.4 Å². The molecule has 0 fully saturated rings. The summed E-state index contributed by atoms with van der Waals surface area (Å²) in [6.45, 7) is 1.16. The van der Waals surface area contributed by atoms with Gasteiger partial charge in [-0.25, -0.2) is 0 Å². The fourth-order valence-electron chi connectivity index (χ4n) is 2.25. The molecule has 23 heavy (non-hydrogen) atoms. The number of nitrogens with one attached hydrogen (secondary N) is 2. The molecule has 1 amide bonds. The number of benzene rings is 2. The number of amides is 1. The van der Waals surface area contributed by atoms with E-state index < -0.39 is 0 Å². The Hall–Kier alpha value is -2.20. The first-order valence-electron chi connectivity index (χ1n) is 7.57. The molecule has 0 radical (unpaired) electrons. The average molecular weight is 333 g/mol. The van der Waals surface area contributed by atoms with E-state index >= 15 is 0 Å². The molecule has 0 bridgehead atoms. The van der Waals surface area contributed by atoms with Crippen LogP contribution in [0.5, 0.6) is 5.75 Å². The number of carbonyl (C=O) groups excluding carboxylic acids is 1. The molecule has 4 nitrogen and oxygen atoms in total. The number of ether oxygens (including phenoxy) is 1. The van der Waals surface area contributed by atoms with Crippen LogP contribution in [0.2, 0.25) is 5.02 Å². The largest absolute Gasteiger partial charge is 0.496 e. The van der Waals surface area contributed by atoms with E-state index in [-0.39, 0.29) is 5.91 Å². The summed E-state index contributed by atoms with van der Waals surface area (Å²) in [5, 5.41) is 6.77. The smallest absolute Gasteiger partial charge is 0.221 e. The topological polar surface area (TPSA) is 50.4 Å². The Kier molecular flexibility index (Phi) is 6.76. The number of rotatable bonds is 8. The highest BCUT2D eigenvalue weighted by Crippen LogP contribution is 2.17. The van der Waals surface area contributed by atoms with Crippen molar-refractivity contribution in [2.75, 3.05) is 25.5 Å². The van der Waals surface area contributed by atoms with E-state index in [2.05, 4.69) is 10.6 Å². The van der Waals surface area contributed by atoms with Crippen LogP contribution in [0.25, 0.3) is 0 Å². The van der Waals surface area contributed by atoms with E-state index in [1.165, 1.54) is 0 Å². The zero-order chi connectivity index (χ0) is 16.5. The van der Waals surface area contributed by atoms with Crippen LogP contribution in [0.15, 0.2) is 48.5 Å². The Bertz CT molecular complexity index is 646. The van der Waals surface area contributed by atoms with Crippen LogP contribution >= 0.6 is 11.6 Å². The van der Waals surface area contributed by atoms with Crippen LogP contribution < -0.4 is 15.4 Å². The normalized spacial score (nSPS) is 10.2. The third-order valence-corrected chi connectivity index (χ3v) is 3.65. The van der Waals surface area contributed by atoms with Crippen LogP contribution in [-0.2, 0) is 11.2 Å². The zero-order valence-electron chi connectivity index (χ0n) is 13.1. The van der Waals surface area contributed by atoms with Crippen molar-refractivity contribution in [3.8, 4) is 5.75 Å². The van der Waals surface area contributed by atoms with Crippen molar-refractivity contribution in [1.29, 1.82) is 0 Å². The van der Waals surface area contributed by atoms with Gasteiger partial charge in [-0.3, -0.25) is 4.79 Å². The maximum atomic E-state index is 11.8. The summed E-state index contributed by atoms with van der Waals surface area (Å²) in [6.07, 6.45) is 1.16. The molecular weight excluding hydrogens is 312 g/mol. The van der Waals surface area contributed by atoms with Gasteiger partial charge in [0.15, 0.2) is 0 Å². The standard InChI is InChI=1S/C18H21ClN2O2/c1-23-17-8-3-2-5-14(17)9-11-21-18(22)10-12-20-16-7-4-6-15(19)13-16/h2-8,13,20H,9-12H2,1H3,(H,21,22). The molecule has 0 aliphatic rings. The summed E-state index contributed by atoms with van der Waals surface area (Å²) < 4.78 is 5.29. The lowest BCUT2D eigenvalue weighted by Gasteiger charge is -2.10. The van der Waals surface area contributed by atoms with Gasteiger partial charge in [-0.15, -0.1) is 0 Å². The van der Waals surface area contributed by atoms with Gasteiger partial charge in [0.1, 0.15) is 5.75 Å². The van der Waals surface area contributed by atoms with Crippen molar-refractivity contribution in [3.63, 3.8) is 0 Å². The molecule has 0 saturated carbocycles. The number of carbonyl (C=O) groups is 1. The number of methoxy groups -OCH3 is 1. The highest BCUT2D eigenvalue weighted by Gasteiger charge is 2.04. The van der Waals surface area contributed by atoms with E-state index in [1.54, 1.807) is 7.11 Å². The molecule has 0 aliphatic carbocycles. The zero-order valence-corrected chi connectivity index (χ0v) is 13.9. The molecular formula is C18H21ClN2O2. The minimum absolute atomic E-state index is 0.0226. The third kappa shape index (κ3) is 5.83. The van der Waals surface area contributed by atoms with Gasteiger partial charge in [-0.2, -0.15) is 0 Å². The summed E-state index contributed by atoms with van der Waals surface area (Å²) in [7, 11) is 1.65. The van der Waals surface area contributed by atoms with Gasteiger partial charge in [0.25, 0.3) is 0 Å². The first kappa shape index (κ1) is 17.2. The predicted molar refractivity (Wildman–Crippen MR) is 94.3 cm³/mol. The van der Waals surface area contributed by atoms with Crippen molar-refractivity contribution < 1.29 is 9.53 Å². The summed E-state index contributed by atoms with van der Waals surface area (Å²) >= 11 is 5.91. The SMILES string of the molecule is COc1ccccc1CCNC(=O)CCNc1cccc(Cl)c1. The number of halogens is 1. The molecule has 5 heteroatoms. The minimum Gasteiger partial charge on any atom is -0.496 e. The second kappa shape index (κ2) is 9.06. The number of anilines is 1. The molecule has 122 valence electrons. The van der Waals surface area contributed by atoms with E-state index in [0.717, 1.165) is 23.4 Å².